The van der Waals surface area contributed by atoms with E-state index in [1.807, 2.05) is 17.1 Å². The van der Waals surface area contributed by atoms with Crippen LogP contribution in [0.25, 0.3) is 0 Å². The molecule has 0 aliphatic carbocycles. The Bertz CT molecular complexity index is 605. The summed E-state index contributed by atoms with van der Waals surface area (Å²) < 4.78 is 0. The Morgan fingerprint density at radius 3 is 2.74 bits per heavy atom. The standard InChI is InChI=1S/C14H17ClN4O3S/c15-11-4-2-1-3-10(11)13(20)17-14(21)22-18-12(16)9-19-5-7-23-8-6-19/h1-4H,5-9H2,(H2,16,18)(H,17,20,21). The molecule has 1 aliphatic rings. The summed E-state index contributed by atoms with van der Waals surface area (Å²) in [5.74, 6) is 1.60. The largest absolute Gasteiger partial charge is 0.440 e. The first kappa shape index (κ1) is 17.6. The number of carbonyl (C=O) groups is 2. The van der Waals surface area contributed by atoms with Gasteiger partial charge in [-0.1, -0.05) is 28.9 Å². The summed E-state index contributed by atoms with van der Waals surface area (Å²) in [5.41, 5.74) is 5.88. The molecule has 7 nitrogen and oxygen atoms in total. The molecule has 0 unspecified atom stereocenters. The number of oxime groups is 1. The van der Waals surface area contributed by atoms with Gasteiger partial charge < -0.3 is 5.73 Å². The zero-order valence-electron chi connectivity index (χ0n) is 12.3. The van der Waals surface area contributed by atoms with Crippen molar-refractivity contribution < 1.29 is 14.4 Å². The van der Waals surface area contributed by atoms with Crippen LogP contribution in [0, 0.1) is 0 Å². The van der Waals surface area contributed by atoms with Gasteiger partial charge in [0.2, 0.25) is 0 Å². The Labute approximate surface area is 143 Å². The fourth-order valence-corrected chi connectivity index (χ4v) is 3.15. The van der Waals surface area contributed by atoms with E-state index in [4.69, 9.17) is 17.3 Å². The number of nitrogens with zero attached hydrogens (tertiary/aromatic N) is 2. The van der Waals surface area contributed by atoms with E-state index in [9.17, 15) is 9.59 Å². The number of rotatable bonds is 4. The second kappa shape index (κ2) is 8.76. The quantitative estimate of drug-likeness (QED) is 0.367. The highest BCUT2D eigenvalue weighted by Crippen LogP contribution is 2.14. The number of thioether (sulfide) groups is 1. The van der Waals surface area contributed by atoms with E-state index in [0.717, 1.165) is 24.6 Å². The highest BCUT2D eigenvalue weighted by atomic mass is 35.5. The van der Waals surface area contributed by atoms with E-state index >= 15 is 0 Å². The first-order valence-electron chi connectivity index (χ1n) is 6.95. The van der Waals surface area contributed by atoms with E-state index in [1.54, 1.807) is 18.2 Å². The molecule has 1 heterocycles. The topological polar surface area (TPSA) is 97.0 Å². The fourth-order valence-electron chi connectivity index (χ4n) is 1.95. The van der Waals surface area contributed by atoms with Gasteiger partial charge in [0.15, 0.2) is 5.84 Å². The molecule has 1 fully saturated rings. The lowest BCUT2D eigenvalue weighted by molar-refractivity contribution is 0.0922. The summed E-state index contributed by atoms with van der Waals surface area (Å²) in [6, 6.07) is 6.37. The van der Waals surface area contributed by atoms with Gasteiger partial charge in [0.25, 0.3) is 5.91 Å². The normalized spacial score (nSPS) is 16.0. The first-order chi connectivity index (χ1) is 11.1. The summed E-state index contributed by atoms with van der Waals surface area (Å²) >= 11 is 7.75. The molecule has 1 aromatic rings. The molecule has 0 radical (unpaired) electrons. The van der Waals surface area contributed by atoms with Gasteiger partial charge >= 0.3 is 6.09 Å². The lowest BCUT2D eigenvalue weighted by Gasteiger charge is -2.25. The van der Waals surface area contributed by atoms with Crippen molar-refractivity contribution in [3.8, 4) is 0 Å². The van der Waals surface area contributed by atoms with Crippen LogP contribution < -0.4 is 11.1 Å². The molecule has 1 saturated heterocycles. The predicted octanol–water partition coefficient (Wildman–Crippen LogP) is 1.53. The monoisotopic (exact) mass is 356 g/mol. The molecule has 0 aromatic heterocycles. The molecule has 124 valence electrons. The minimum Gasteiger partial charge on any atom is -0.383 e. The van der Waals surface area contributed by atoms with Crippen LogP contribution in [-0.2, 0) is 4.84 Å². The SMILES string of the molecule is N/C(CN1CCSCC1)=N\OC(=O)NC(=O)c1ccccc1Cl. The lowest BCUT2D eigenvalue weighted by Crippen LogP contribution is -2.39. The van der Waals surface area contributed by atoms with Gasteiger partial charge in [-0.25, -0.2) is 4.79 Å². The van der Waals surface area contributed by atoms with Gasteiger partial charge in [-0.3, -0.25) is 19.8 Å². The molecule has 2 rings (SSSR count). The smallest absolute Gasteiger partial charge is 0.383 e. The van der Waals surface area contributed by atoms with E-state index in [1.165, 1.54) is 6.07 Å². The Kier molecular flexibility index (Phi) is 6.69. The van der Waals surface area contributed by atoms with Gasteiger partial charge in [-0.15, -0.1) is 0 Å². The van der Waals surface area contributed by atoms with Crippen LogP contribution in [0.3, 0.4) is 0 Å². The number of halogens is 1. The van der Waals surface area contributed by atoms with Crippen LogP contribution >= 0.6 is 23.4 Å². The minimum absolute atomic E-state index is 0.175. The molecule has 1 aliphatic heterocycles. The third kappa shape index (κ3) is 5.74. The minimum atomic E-state index is -1.01. The molecule has 2 amide bonds. The fraction of sp³-hybridized carbons (Fsp3) is 0.357. The number of amides is 2. The van der Waals surface area contributed by atoms with E-state index in [2.05, 4.69) is 14.9 Å². The number of hydrogen-bond acceptors (Lipinski definition) is 6. The van der Waals surface area contributed by atoms with E-state index in [-0.39, 0.29) is 16.4 Å². The van der Waals surface area contributed by atoms with Gasteiger partial charge in [0, 0.05) is 24.6 Å². The number of imide groups is 1. The zero-order chi connectivity index (χ0) is 16.7. The Balaban J connectivity index is 1.81. The Morgan fingerprint density at radius 2 is 2.04 bits per heavy atom. The third-order valence-electron chi connectivity index (χ3n) is 3.07. The van der Waals surface area contributed by atoms with E-state index in [0.29, 0.717) is 6.54 Å². The van der Waals surface area contributed by atoms with Crippen molar-refractivity contribution in [1.82, 2.24) is 10.2 Å². The maximum Gasteiger partial charge on any atom is 0.440 e. The van der Waals surface area contributed by atoms with Crippen LogP contribution in [-0.4, -0.2) is 53.9 Å². The van der Waals surface area contributed by atoms with Crippen LogP contribution in [0.4, 0.5) is 4.79 Å². The molecular weight excluding hydrogens is 340 g/mol. The molecule has 1 aromatic carbocycles. The van der Waals surface area contributed by atoms with Crippen LogP contribution in [0.5, 0.6) is 0 Å². The van der Waals surface area contributed by atoms with Crippen molar-refractivity contribution >= 4 is 41.2 Å². The highest BCUT2D eigenvalue weighted by molar-refractivity contribution is 7.99. The number of hydrogen-bond donors (Lipinski definition) is 2. The third-order valence-corrected chi connectivity index (χ3v) is 4.34. The molecule has 23 heavy (non-hydrogen) atoms. The van der Waals surface area contributed by atoms with Crippen LogP contribution in [0.15, 0.2) is 29.4 Å². The van der Waals surface area contributed by atoms with Crippen LogP contribution in [0.2, 0.25) is 5.02 Å². The molecule has 0 atom stereocenters. The molecule has 0 bridgehead atoms. The van der Waals surface area contributed by atoms with Crippen LogP contribution in [0.1, 0.15) is 10.4 Å². The summed E-state index contributed by atoms with van der Waals surface area (Å²) in [6.45, 7) is 2.25. The molecular formula is C14H17ClN4O3S. The number of amidine groups is 1. The second-order valence-corrected chi connectivity index (χ2v) is 6.42. The number of benzene rings is 1. The van der Waals surface area contributed by atoms with Gasteiger partial charge in [-0.05, 0) is 12.1 Å². The average Bonchev–Trinajstić information content (AvgIpc) is 2.54. The summed E-state index contributed by atoms with van der Waals surface area (Å²) in [5, 5.41) is 5.81. The maximum atomic E-state index is 11.9. The molecule has 0 saturated carbocycles. The van der Waals surface area contributed by atoms with Crippen molar-refractivity contribution in [2.75, 3.05) is 31.1 Å². The Morgan fingerprint density at radius 1 is 1.35 bits per heavy atom. The summed E-state index contributed by atoms with van der Waals surface area (Å²) in [4.78, 5) is 30.1. The average molecular weight is 357 g/mol. The number of nitrogens with two attached hydrogens (primary N) is 1. The van der Waals surface area contributed by atoms with Crippen molar-refractivity contribution in [3.05, 3.63) is 34.9 Å². The second-order valence-electron chi connectivity index (χ2n) is 4.78. The molecule has 9 heteroatoms. The first-order valence-corrected chi connectivity index (χ1v) is 8.49. The van der Waals surface area contributed by atoms with Crippen molar-refractivity contribution in [2.24, 2.45) is 10.9 Å². The van der Waals surface area contributed by atoms with Crippen molar-refractivity contribution in [3.63, 3.8) is 0 Å². The molecule has 0 spiro atoms. The maximum absolute atomic E-state index is 11.9. The van der Waals surface area contributed by atoms with Crippen molar-refractivity contribution in [1.29, 1.82) is 0 Å². The predicted molar refractivity (Wildman–Crippen MR) is 90.8 cm³/mol. The number of carbonyl (C=O) groups excluding carboxylic acids is 2. The summed E-state index contributed by atoms with van der Waals surface area (Å²) in [7, 11) is 0. The molecule has 3 N–H and O–H groups in total. The lowest BCUT2D eigenvalue weighted by atomic mass is 10.2. The van der Waals surface area contributed by atoms with Gasteiger partial charge in [0.1, 0.15) is 0 Å². The van der Waals surface area contributed by atoms with Crippen molar-refractivity contribution in [2.45, 2.75) is 0 Å². The Hall–Kier alpha value is -1.77. The summed E-state index contributed by atoms with van der Waals surface area (Å²) in [6.07, 6.45) is -1.01. The highest BCUT2D eigenvalue weighted by Gasteiger charge is 2.15. The number of nitrogens with one attached hydrogen (secondary N) is 1. The van der Waals surface area contributed by atoms with Gasteiger partial charge in [0.05, 0.1) is 17.1 Å². The van der Waals surface area contributed by atoms with E-state index < -0.39 is 12.0 Å². The van der Waals surface area contributed by atoms with Gasteiger partial charge in [-0.2, -0.15) is 11.8 Å². The zero-order valence-corrected chi connectivity index (χ0v) is 13.9.